The van der Waals surface area contributed by atoms with Gasteiger partial charge in [0.1, 0.15) is 0 Å². The van der Waals surface area contributed by atoms with Gasteiger partial charge in [0, 0.05) is 67.6 Å². The highest BCUT2D eigenvalue weighted by atomic mass is 19.4. The van der Waals surface area contributed by atoms with Crippen LogP contribution in [0, 0.1) is 0 Å². The number of pyridine rings is 1. The molecule has 2 amide bonds. The van der Waals surface area contributed by atoms with Crippen LogP contribution in [0.1, 0.15) is 37.6 Å². The van der Waals surface area contributed by atoms with E-state index in [0.29, 0.717) is 18.8 Å². The number of amides is 2. The minimum Gasteiger partial charge on any atom is -0.308 e. The van der Waals surface area contributed by atoms with Crippen LogP contribution in [0.15, 0.2) is 54.7 Å². The Labute approximate surface area is 243 Å². The number of carbonyl (C=O) groups is 1. The molecule has 0 radical (unpaired) electrons. The molecule has 0 aliphatic carbocycles. The fraction of sp³-hybridized carbons (Fsp3) is 0.387. The van der Waals surface area contributed by atoms with E-state index in [4.69, 9.17) is 4.98 Å². The largest absolute Gasteiger partial charge is 0.416 e. The van der Waals surface area contributed by atoms with Crippen LogP contribution in [0.2, 0.25) is 0 Å². The van der Waals surface area contributed by atoms with E-state index < -0.39 is 17.8 Å². The van der Waals surface area contributed by atoms with Crippen molar-refractivity contribution in [1.29, 1.82) is 0 Å². The molecular weight excluding hydrogens is 543 g/mol. The maximum Gasteiger partial charge on any atom is 0.416 e. The normalized spacial score (nSPS) is 15.2. The predicted molar refractivity (Wildman–Crippen MR) is 160 cm³/mol. The number of aryl methyl sites for hydroxylation is 1. The van der Waals surface area contributed by atoms with Crippen molar-refractivity contribution < 1.29 is 18.0 Å². The van der Waals surface area contributed by atoms with Gasteiger partial charge in [0.05, 0.1) is 11.8 Å². The molecular formula is C31H36F3N7O. The van der Waals surface area contributed by atoms with Gasteiger partial charge in [-0.1, -0.05) is 39.0 Å². The van der Waals surface area contributed by atoms with E-state index in [9.17, 15) is 18.0 Å². The summed E-state index contributed by atoms with van der Waals surface area (Å²) in [5.41, 5.74) is 3.49. The lowest BCUT2D eigenvalue weighted by Gasteiger charge is -2.33. The quantitative estimate of drug-likeness (QED) is 0.288. The molecule has 42 heavy (non-hydrogen) atoms. The van der Waals surface area contributed by atoms with Gasteiger partial charge < -0.3 is 15.5 Å². The molecule has 3 heterocycles. The van der Waals surface area contributed by atoms with Crippen molar-refractivity contribution in [3.8, 4) is 11.1 Å². The fourth-order valence-corrected chi connectivity index (χ4v) is 5.07. The summed E-state index contributed by atoms with van der Waals surface area (Å²) in [6, 6.07) is 12.7. The SMILES string of the molecule is CN1CCN(Cc2ccc(NC(=O)Nc3ccc(-c4cc(C(C)(C)C)nc5c4cnn5C)cc3)cc2C(F)(F)F)CC1. The van der Waals surface area contributed by atoms with Gasteiger partial charge in [-0.05, 0) is 54.1 Å². The first-order chi connectivity index (χ1) is 19.8. The molecule has 2 N–H and O–H groups in total. The third-order valence-electron chi connectivity index (χ3n) is 7.59. The maximum atomic E-state index is 13.9. The van der Waals surface area contributed by atoms with E-state index in [1.807, 2.05) is 31.1 Å². The van der Waals surface area contributed by atoms with Gasteiger partial charge in [0.2, 0.25) is 0 Å². The van der Waals surface area contributed by atoms with Gasteiger partial charge in [-0.3, -0.25) is 9.58 Å². The molecule has 0 bridgehead atoms. The van der Waals surface area contributed by atoms with Crippen LogP contribution in [0.25, 0.3) is 22.2 Å². The summed E-state index contributed by atoms with van der Waals surface area (Å²) in [6.45, 7) is 9.57. The van der Waals surface area contributed by atoms with Crippen LogP contribution in [0.5, 0.6) is 0 Å². The number of nitrogens with one attached hydrogen (secondary N) is 2. The fourth-order valence-electron chi connectivity index (χ4n) is 5.07. The number of hydrogen-bond acceptors (Lipinski definition) is 5. The van der Waals surface area contributed by atoms with Crippen LogP contribution in [0.3, 0.4) is 0 Å². The topological polar surface area (TPSA) is 78.3 Å². The number of fused-ring (bicyclic) bond motifs is 1. The van der Waals surface area contributed by atoms with Crippen molar-refractivity contribution in [3.63, 3.8) is 0 Å². The summed E-state index contributed by atoms with van der Waals surface area (Å²) in [6.07, 6.45) is -2.75. The van der Waals surface area contributed by atoms with Gasteiger partial charge in [0.15, 0.2) is 5.65 Å². The lowest BCUT2D eigenvalue weighted by molar-refractivity contribution is -0.138. The number of urea groups is 1. The van der Waals surface area contributed by atoms with Crippen LogP contribution in [0.4, 0.5) is 29.3 Å². The molecule has 0 spiro atoms. The van der Waals surface area contributed by atoms with Crippen molar-refractivity contribution in [3.05, 3.63) is 71.5 Å². The summed E-state index contributed by atoms with van der Waals surface area (Å²) < 4.78 is 43.5. The van der Waals surface area contributed by atoms with Gasteiger partial charge >= 0.3 is 12.2 Å². The molecule has 2 aromatic heterocycles. The van der Waals surface area contributed by atoms with E-state index in [1.165, 1.54) is 12.1 Å². The molecule has 222 valence electrons. The number of hydrogen-bond donors (Lipinski definition) is 2. The zero-order valence-electron chi connectivity index (χ0n) is 24.5. The van der Waals surface area contributed by atoms with Crippen molar-refractivity contribution in [2.24, 2.45) is 7.05 Å². The minimum absolute atomic E-state index is 0.0732. The predicted octanol–water partition coefficient (Wildman–Crippen LogP) is 6.34. The van der Waals surface area contributed by atoms with Gasteiger partial charge in [-0.25, -0.2) is 9.78 Å². The van der Waals surface area contributed by atoms with E-state index in [-0.39, 0.29) is 23.2 Å². The van der Waals surface area contributed by atoms with E-state index in [1.54, 1.807) is 23.0 Å². The second kappa shape index (κ2) is 11.4. The smallest absolute Gasteiger partial charge is 0.308 e. The number of carbonyl (C=O) groups excluding carboxylic acids is 1. The Kier molecular flexibility index (Phi) is 8.00. The highest BCUT2D eigenvalue weighted by Crippen LogP contribution is 2.35. The Morgan fingerprint density at radius 3 is 2.19 bits per heavy atom. The average Bonchev–Trinajstić information content (AvgIpc) is 3.30. The number of piperazine rings is 1. The third-order valence-corrected chi connectivity index (χ3v) is 7.59. The molecule has 5 rings (SSSR count). The second-order valence-electron chi connectivity index (χ2n) is 11.9. The highest BCUT2D eigenvalue weighted by molar-refractivity contribution is 6.00. The second-order valence-corrected chi connectivity index (χ2v) is 11.9. The minimum atomic E-state index is -4.54. The Bertz CT molecular complexity index is 1580. The average molecular weight is 580 g/mol. The molecule has 8 nitrogen and oxygen atoms in total. The molecule has 2 aromatic carbocycles. The summed E-state index contributed by atoms with van der Waals surface area (Å²) >= 11 is 0. The zero-order chi connectivity index (χ0) is 30.2. The number of benzene rings is 2. The maximum absolute atomic E-state index is 13.9. The molecule has 4 aromatic rings. The zero-order valence-corrected chi connectivity index (χ0v) is 24.5. The summed E-state index contributed by atoms with van der Waals surface area (Å²) in [4.78, 5) is 21.7. The molecule has 1 aliphatic rings. The lowest BCUT2D eigenvalue weighted by Crippen LogP contribution is -2.44. The van der Waals surface area contributed by atoms with Gasteiger partial charge in [0.25, 0.3) is 0 Å². The van der Waals surface area contributed by atoms with Crippen LogP contribution >= 0.6 is 0 Å². The Morgan fingerprint density at radius 1 is 0.905 bits per heavy atom. The van der Waals surface area contributed by atoms with Crippen molar-refractivity contribution in [2.75, 3.05) is 43.9 Å². The number of likely N-dealkylation sites (N-methyl/N-ethyl adjacent to an activating group) is 1. The van der Waals surface area contributed by atoms with Crippen LogP contribution in [-0.2, 0) is 25.2 Å². The Balaban J connectivity index is 1.30. The number of rotatable bonds is 5. The molecule has 0 unspecified atom stereocenters. The van der Waals surface area contributed by atoms with Gasteiger partial charge in [-0.15, -0.1) is 0 Å². The first-order valence-electron chi connectivity index (χ1n) is 13.9. The number of nitrogens with zero attached hydrogens (tertiary/aromatic N) is 5. The molecule has 0 atom stereocenters. The summed E-state index contributed by atoms with van der Waals surface area (Å²) in [5.74, 6) is 0. The van der Waals surface area contributed by atoms with Crippen LogP contribution < -0.4 is 10.6 Å². The number of aromatic nitrogens is 3. The third kappa shape index (κ3) is 6.57. The standard InChI is InChI=1S/C31H36F3N7O/c1-30(2,3)27-17-24(25-18-35-40(5)28(25)38-27)20-6-9-22(10-7-20)36-29(42)37-23-11-8-21(26(16-23)31(32,33)34)19-41-14-12-39(4)13-15-41/h6-11,16-18H,12-15,19H2,1-5H3,(H2,36,37,42). The molecule has 1 fully saturated rings. The van der Waals surface area contributed by atoms with Gasteiger partial charge in [-0.2, -0.15) is 18.3 Å². The van der Waals surface area contributed by atoms with E-state index in [0.717, 1.165) is 47.0 Å². The molecule has 0 saturated carbocycles. The monoisotopic (exact) mass is 579 g/mol. The van der Waals surface area contributed by atoms with Crippen molar-refractivity contribution in [1.82, 2.24) is 24.6 Å². The molecule has 1 saturated heterocycles. The number of anilines is 2. The summed E-state index contributed by atoms with van der Waals surface area (Å²) in [7, 11) is 3.86. The molecule has 11 heteroatoms. The van der Waals surface area contributed by atoms with E-state index in [2.05, 4.69) is 47.5 Å². The summed E-state index contributed by atoms with van der Waals surface area (Å²) in [5, 5.41) is 10.6. The number of alkyl halides is 3. The van der Waals surface area contributed by atoms with Crippen molar-refractivity contribution >= 4 is 28.4 Å². The van der Waals surface area contributed by atoms with Crippen LogP contribution in [-0.4, -0.2) is 63.8 Å². The number of halogens is 3. The Hall–Kier alpha value is -3.96. The van der Waals surface area contributed by atoms with E-state index >= 15 is 0 Å². The Morgan fingerprint density at radius 2 is 1.55 bits per heavy atom. The van der Waals surface area contributed by atoms with Crippen molar-refractivity contribution in [2.45, 2.75) is 38.9 Å². The molecule has 1 aliphatic heterocycles. The lowest BCUT2D eigenvalue weighted by atomic mass is 9.89. The first-order valence-corrected chi connectivity index (χ1v) is 13.9. The highest BCUT2D eigenvalue weighted by Gasteiger charge is 2.34. The first kappa shape index (κ1) is 29.5.